The Labute approximate surface area is 65.5 Å². The van der Waals surface area contributed by atoms with E-state index in [4.69, 9.17) is 16.4 Å². The molecule has 0 aliphatic heterocycles. The van der Waals surface area contributed by atoms with E-state index in [1.165, 1.54) is 0 Å². The molecule has 0 heterocycles. The van der Waals surface area contributed by atoms with Crippen molar-refractivity contribution in [3.05, 3.63) is 0 Å². The molecule has 0 saturated heterocycles. The number of carbonyl (C=O) groups is 1. The number of nitrogens with one attached hydrogen (secondary N) is 1. The minimum atomic E-state index is -0.910. The number of amides is 1. The zero-order valence-electron chi connectivity index (χ0n) is 4.97. The van der Waals surface area contributed by atoms with E-state index in [1.807, 2.05) is 0 Å². The van der Waals surface area contributed by atoms with Crippen molar-refractivity contribution >= 4 is 33.3 Å². The zero-order chi connectivity index (χ0) is 8.15. The quantitative estimate of drug-likeness (QED) is 0.257. The van der Waals surface area contributed by atoms with Crippen LogP contribution >= 0.6 is 15.9 Å². The first kappa shape index (κ1) is 9.09. The van der Waals surface area contributed by atoms with Gasteiger partial charge in [-0.05, 0) is 0 Å². The summed E-state index contributed by atoms with van der Waals surface area (Å²) in [7, 11) is 0. The van der Waals surface area contributed by atoms with Crippen LogP contribution in [0.2, 0.25) is 0 Å². The third-order valence-corrected chi connectivity index (χ3v) is 1.31. The van der Waals surface area contributed by atoms with E-state index in [-0.39, 0.29) is 11.0 Å². The third-order valence-electron chi connectivity index (χ3n) is 0.753. The minimum Gasteiger partial charge on any atom is -0.410 e. The van der Waals surface area contributed by atoms with E-state index >= 15 is 0 Å². The molecular weight excluding hydrogens is 202 g/mol. The molecule has 0 rings (SSSR count). The minimum absolute atomic E-state index is 0.134. The molecule has 0 aromatic rings. The molecule has 0 saturated carbocycles. The summed E-state index contributed by atoms with van der Waals surface area (Å²) in [4.78, 5) is 10.3. The van der Waals surface area contributed by atoms with Gasteiger partial charge >= 0.3 is 0 Å². The molecule has 0 aromatic heterocycles. The van der Waals surface area contributed by atoms with Crippen molar-refractivity contribution < 1.29 is 10.0 Å². The summed E-state index contributed by atoms with van der Waals surface area (Å²) in [6, 6.07) is 0. The van der Waals surface area contributed by atoms with Gasteiger partial charge in [-0.2, -0.15) is 0 Å². The fourth-order valence-corrected chi connectivity index (χ4v) is 0.587. The summed E-state index contributed by atoms with van der Waals surface area (Å²) in [5, 5.41) is 17.8. The summed E-state index contributed by atoms with van der Waals surface area (Å²) >= 11 is 2.90. The molecule has 0 spiro atoms. The summed E-state index contributed by atoms with van der Waals surface area (Å²) in [6.45, 7) is 0. The largest absolute Gasteiger partial charge is 0.410 e. The molecule has 1 amide bonds. The lowest BCUT2D eigenvalue weighted by Gasteiger charge is -1.95. The van der Waals surface area contributed by atoms with Gasteiger partial charge in [0.1, 0.15) is 0 Å². The van der Waals surface area contributed by atoms with Crippen LogP contribution in [0.15, 0.2) is 5.16 Å². The molecule has 6 heteroatoms. The lowest BCUT2D eigenvalue weighted by atomic mass is 10.2. The van der Waals surface area contributed by atoms with E-state index in [0.29, 0.717) is 0 Å². The first-order chi connectivity index (χ1) is 4.63. The number of carbonyl (C=O) groups excluding carboxylic acids is 1. The molecule has 56 valence electrons. The fourth-order valence-electron chi connectivity index (χ4n) is 0.322. The summed E-state index contributed by atoms with van der Waals surface area (Å²) in [6.07, 6.45) is 0. The van der Waals surface area contributed by atoms with Crippen molar-refractivity contribution in [1.29, 1.82) is 5.41 Å². The van der Waals surface area contributed by atoms with Crippen LogP contribution < -0.4 is 5.73 Å². The van der Waals surface area contributed by atoms with Crippen molar-refractivity contribution in [2.45, 2.75) is 0 Å². The molecule has 0 aliphatic carbocycles. The molecule has 5 nitrogen and oxygen atoms in total. The number of alkyl halides is 1. The number of oxime groups is 1. The van der Waals surface area contributed by atoms with E-state index in [0.717, 1.165) is 0 Å². The maximum absolute atomic E-state index is 10.3. The van der Waals surface area contributed by atoms with Crippen molar-refractivity contribution in [2.75, 3.05) is 5.33 Å². The Morgan fingerprint density at radius 2 is 2.30 bits per heavy atom. The molecule has 0 unspecified atom stereocenters. The van der Waals surface area contributed by atoms with Crippen molar-refractivity contribution in [1.82, 2.24) is 0 Å². The highest BCUT2D eigenvalue weighted by molar-refractivity contribution is 9.09. The highest BCUT2D eigenvalue weighted by Gasteiger charge is 2.12. The second-order valence-corrected chi connectivity index (χ2v) is 1.99. The predicted octanol–water partition coefficient (Wildman–Crippen LogP) is -0.283. The first-order valence-electron chi connectivity index (χ1n) is 2.29. The van der Waals surface area contributed by atoms with Crippen LogP contribution in [0, 0.1) is 5.41 Å². The van der Waals surface area contributed by atoms with Gasteiger partial charge < -0.3 is 16.4 Å². The van der Waals surface area contributed by atoms with Gasteiger partial charge in [0.25, 0.3) is 5.91 Å². The highest BCUT2D eigenvalue weighted by Crippen LogP contribution is 1.86. The van der Waals surface area contributed by atoms with E-state index < -0.39 is 11.6 Å². The zero-order valence-corrected chi connectivity index (χ0v) is 6.55. The fraction of sp³-hybridized carbons (Fsp3) is 0.250. The third kappa shape index (κ3) is 2.14. The number of rotatable bonds is 3. The molecule has 0 atom stereocenters. The van der Waals surface area contributed by atoms with Crippen molar-refractivity contribution in [3.63, 3.8) is 0 Å². The van der Waals surface area contributed by atoms with Gasteiger partial charge in [0.2, 0.25) is 0 Å². The van der Waals surface area contributed by atoms with E-state index in [2.05, 4.69) is 21.1 Å². The van der Waals surface area contributed by atoms with Crippen molar-refractivity contribution in [3.8, 4) is 0 Å². The standard InChI is InChI=1S/C4H6BrN3O2/c5-1-2(6)3(8-10)4(7)9/h6,10H,1H2,(H2,7,9). The van der Waals surface area contributed by atoms with Crippen LogP contribution in [0.25, 0.3) is 0 Å². The topological polar surface area (TPSA) is 99.5 Å². The maximum Gasteiger partial charge on any atom is 0.272 e. The Balaban J connectivity index is 4.39. The van der Waals surface area contributed by atoms with Gasteiger partial charge in [-0.25, -0.2) is 0 Å². The van der Waals surface area contributed by atoms with Crippen LogP contribution in [-0.2, 0) is 4.79 Å². The number of primary amides is 1. The Morgan fingerprint density at radius 1 is 1.80 bits per heavy atom. The molecule has 0 aliphatic rings. The smallest absolute Gasteiger partial charge is 0.272 e. The summed E-state index contributed by atoms with van der Waals surface area (Å²) < 4.78 is 0. The molecule has 10 heavy (non-hydrogen) atoms. The molecule has 0 aromatic carbocycles. The number of hydrogen-bond acceptors (Lipinski definition) is 4. The number of hydrogen-bond donors (Lipinski definition) is 3. The van der Waals surface area contributed by atoms with Gasteiger partial charge in [-0.3, -0.25) is 4.79 Å². The van der Waals surface area contributed by atoms with Gasteiger partial charge in [-0.15, -0.1) is 0 Å². The predicted molar refractivity (Wildman–Crippen MR) is 39.9 cm³/mol. The number of nitrogens with two attached hydrogens (primary N) is 1. The van der Waals surface area contributed by atoms with Crippen LogP contribution in [0.3, 0.4) is 0 Å². The highest BCUT2D eigenvalue weighted by atomic mass is 79.9. The second kappa shape index (κ2) is 3.99. The monoisotopic (exact) mass is 207 g/mol. The first-order valence-corrected chi connectivity index (χ1v) is 3.41. The molecule has 0 radical (unpaired) electrons. The average Bonchev–Trinajstić information content (AvgIpc) is 1.88. The van der Waals surface area contributed by atoms with Gasteiger partial charge in [-0.1, -0.05) is 21.1 Å². The van der Waals surface area contributed by atoms with Gasteiger partial charge in [0.05, 0.1) is 5.71 Å². The van der Waals surface area contributed by atoms with Gasteiger partial charge in [0.15, 0.2) is 5.71 Å². The SMILES string of the molecule is N=C(CBr)C(=NO)C(N)=O. The van der Waals surface area contributed by atoms with E-state index in [1.54, 1.807) is 0 Å². The number of nitrogens with zero attached hydrogens (tertiary/aromatic N) is 1. The van der Waals surface area contributed by atoms with Crippen LogP contribution in [0.5, 0.6) is 0 Å². The van der Waals surface area contributed by atoms with Crippen molar-refractivity contribution in [2.24, 2.45) is 10.9 Å². The Kier molecular flexibility index (Phi) is 3.63. The van der Waals surface area contributed by atoms with Crippen LogP contribution in [0.4, 0.5) is 0 Å². The Morgan fingerprint density at radius 3 is 2.40 bits per heavy atom. The Bertz CT molecular complexity index is 189. The normalized spacial score (nSPS) is 11.1. The summed E-state index contributed by atoms with van der Waals surface area (Å²) in [5.41, 5.74) is 4.17. The molecule has 4 N–H and O–H groups in total. The van der Waals surface area contributed by atoms with Crippen LogP contribution in [-0.4, -0.2) is 27.9 Å². The van der Waals surface area contributed by atoms with Gasteiger partial charge in [0, 0.05) is 5.33 Å². The van der Waals surface area contributed by atoms with E-state index in [9.17, 15) is 4.79 Å². The lowest BCUT2D eigenvalue weighted by Crippen LogP contribution is -2.30. The average molecular weight is 208 g/mol. The molecule has 0 bridgehead atoms. The number of halogens is 1. The molecule has 0 fully saturated rings. The second-order valence-electron chi connectivity index (χ2n) is 1.43. The maximum atomic E-state index is 10.3. The van der Waals surface area contributed by atoms with Crippen LogP contribution in [0.1, 0.15) is 0 Å². The lowest BCUT2D eigenvalue weighted by molar-refractivity contribution is -0.111. The Hall–Kier alpha value is -0.910. The molecular formula is C4H6BrN3O2. The summed E-state index contributed by atoms with van der Waals surface area (Å²) in [5.74, 6) is -0.910.